The first-order valence-electron chi connectivity index (χ1n) is 9.01. The molecule has 1 saturated heterocycles. The number of hydrogen-bond donors (Lipinski definition) is 1. The number of para-hydroxylation sites is 2. The summed E-state index contributed by atoms with van der Waals surface area (Å²) in [7, 11) is 0. The van der Waals surface area contributed by atoms with E-state index in [1.54, 1.807) is 12.4 Å². The maximum Gasteiger partial charge on any atom is 0.241 e. The van der Waals surface area contributed by atoms with Gasteiger partial charge in [-0.2, -0.15) is 0 Å². The van der Waals surface area contributed by atoms with Crippen molar-refractivity contribution in [2.45, 2.75) is 31.7 Å². The number of carbonyl (C=O) groups excluding carboxylic acids is 1. The van der Waals surface area contributed by atoms with Crippen molar-refractivity contribution in [1.29, 1.82) is 0 Å². The third kappa shape index (κ3) is 3.99. The fourth-order valence-electron chi connectivity index (χ4n) is 3.38. The highest BCUT2D eigenvalue weighted by molar-refractivity contribution is 5.96. The lowest BCUT2D eigenvalue weighted by Gasteiger charge is -2.24. The van der Waals surface area contributed by atoms with E-state index in [0.717, 1.165) is 31.8 Å². The Bertz CT molecular complexity index is 731. The summed E-state index contributed by atoms with van der Waals surface area (Å²) in [4.78, 5) is 19.2. The van der Waals surface area contributed by atoms with E-state index in [0.29, 0.717) is 17.2 Å². The first-order valence-corrected chi connectivity index (χ1v) is 9.01. The van der Waals surface area contributed by atoms with Crippen LogP contribution in [-0.2, 0) is 4.79 Å². The number of anilines is 1. The zero-order valence-electron chi connectivity index (χ0n) is 14.2. The topological polar surface area (TPSA) is 54.5 Å². The molecule has 5 nitrogen and oxygen atoms in total. The number of amides is 1. The van der Waals surface area contributed by atoms with Crippen LogP contribution in [0.25, 0.3) is 0 Å². The minimum atomic E-state index is -0.0213. The van der Waals surface area contributed by atoms with Crippen LogP contribution in [0.4, 0.5) is 5.69 Å². The lowest BCUT2D eigenvalue weighted by molar-refractivity contribution is -0.120. The molecule has 0 bridgehead atoms. The van der Waals surface area contributed by atoms with E-state index in [4.69, 9.17) is 4.74 Å². The Balaban J connectivity index is 1.45. The van der Waals surface area contributed by atoms with Crippen LogP contribution in [0.15, 0.2) is 48.8 Å². The van der Waals surface area contributed by atoms with Crippen LogP contribution in [-0.4, -0.2) is 34.9 Å². The highest BCUT2D eigenvalue weighted by Crippen LogP contribution is 2.33. The van der Waals surface area contributed by atoms with Crippen LogP contribution in [0.2, 0.25) is 0 Å². The average Bonchev–Trinajstić information content (AvgIpc) is 3.32. The van der Waals surface area contributed by atoms with Crippen LogP contribution in [0.3, 0.4) is 0 Å². The Labute approximate surface area is 148 Å². The number of aromatic nitrogens is 1. The molecule has 4 rings (SSSR count). The van der Waals surface area contributed by atoms with Crippen LogP contribution in [0, 0.1) is 5.92 Å². The molecular weight excluding hydrogens is 314 g/mol. The predicted molar refractivity (Wildman–Crippen MR) is 96.7 cm³/mol. The molecule has 1 aromatic carbocycles. The zero-order valence-corrected chi connectivity index (χ0v) is 14.2. The molecule has 1 atom stereocenters. The number of likely N-dealkylation sites (tertiary alicyclic amines) is 1. The number of nitrogens with one attached hydrogen (secondary N) is 1. The molecule has 2 aromatic rings. The van der Waals surface area contributed by atoms with Gasteiger partial charge in [0, 0.05) is 12.7 Å². The standard InChI is InChI=1S/C20H23N3O2/c24-20(18-7-4-12-23(18)14-15-9-10-15)22-17-6-1-2-8-19(17)25-16-5-3-11-21-13-16/h1-3,5-6,8,11,13,15,18H,4,7,9-10,12,14H2,(H,22,24)/t18-/m0/s1. The molecule has 1 amide bonds. The smallest absolute Gasteiger partial charge is 0.241 e. The maximum atomic E-state index is 12.8. The quantitative estimate of drug-likeness (QED) is 0.873. The largest absolute Gasteiger partial charge is 0.454 e. The van der Waals surface area contributed by atoms with Gasteiger partial charge in [-0.25, -0.2) is 0 Å². The van der Waals surface area contributed by atoms with Gasteiger partial charge in [0.15, 0.2) is 5.75 Å². The zero-order chi connectivity index (χ0) is 17.1. The van der Waals surface area contributed by atoms with Crippen LogP contribution >= 0.6 is 0 Å². The second-order valence-corrected chi connectivity index (χ2v) is 6.87. The van der Waals surface area contributed by atoms with Gasteiger partial charge in [-0.1, -0.05) is 12.1 Å². The minimum Gasteiger partial charge on any atom is -0.454 e. The second kappa shape index (κ2) is 7.23. The van der Waals surface area contributed by atoms with E-state index >= 15 is 0 Å². The van der Waals surface area contributed by atoms with E-state index in [-0.39, 0.29) is 11.9 Å². The lowest BCUT2D eigenvalue weighted by Crippen LogP contribution is -2.40. The van der Waals surface area contributed by atoms with E-state index < -0.39 is 0 Å². The fourth-order valence-corrected chi connectivity index (χ4v) is 3.38. The number of hydrogen-bond acceptors (Lipinski definition) is 4. The Morgan fingerprint density at radius 2 is 2.08 bits per heavy atom. The molecule has 1 aliphatic heterocycles. The van der Waals surface area contributed by atoms with Gasteiger partial charge in [-0.05, 0) is 62.4 Å². The number of carbonyl (C=O) groups is 1. The summed E-state index contributed by atoms with van der Waals surface area (Å²) in [6.45, 7) is 2.09. The first kappa shape index (κ1) is 16.1. The molecule has 2 fully saturated rings. The second-order valence-electron chi connectivity index (χ2n) is 6.87. The molecule has 1 N–H and O–H groups in total. The Kier molecular flexibility index (Phi) is 4.65. The van der Waals surface area contributed by atoms with Crippen LogP contribution in [0.1, 0.15) is 25.7 Å². The predicted octanol–water partition coefficient (Wildman–Crippen LogP) is 3.69. The number of ether oxygens (including phenoxy) is 1. The lowest BCUT2D eigenvalue weighted by atomic mass is 10.2. The third-order valence-corrected chi connectivity index (χ3v) is 4.86. The monoisotopic (exact) mass is 337 g/mol. The summed E-state index contributed by atoms with van der Waals surface area (Å²) in [6.07, 6.45) is 8.02. The van der Waals surface area contributed by atoms with Gasteiger partial charge >= 0.3 is 0 Å². The van der Waals surface area contributed by atoms with Gasteiger partial charge in [-0.3, -0.25) is 14.7 Å². The highest BCUT2D eigenvalue weighted by Gasteiger charge is 2.34. The molecule has 2 heterocycles. The summed E-state index contributed by atoms with van der Waals surface area (Å²) in [5.74, 6) is 2.16. The van der Waals surface area contributed by atoms with Crippen molar-refractivity contribution < 1.29 is 9.53 Å². The average molecular weight is 337 g/mol. The molecular formula is C20H23N3O2. The van der Waals surface area contributed by atoms with Gasteiger partial charge in [0.1, 0.15) is 5.75 Å². The van der Waals surface area contributed by atoms with E-state index in [2.05, 4.69) is 15.2 Å². The normalized spacial score (nSPS) is 20.4. The summed E-state index contributed by atoms with van der Waals surface area (Å²) < 4.78 is 5.88. The highest BCUT2D eigenvalue weighted by atomic mass is 16.5. The molecule has 5 heteroatoms. The van der Waals surface area contributed by atoms with Gasteiger partial charge in [0.25, 0.3) is 0 Å². The van der Waals surface area contributed by atoms with Gasteiger partial charge in [-0.15, -0.1) is 0 Å². The van der Waals surface area contributed by atoms with Crippen molar-refractivity contribution in [2.24, 2.45) is 5.92 Å². The number of benzene rings is 1. The molecule has 1 saturated carbocycles. The van der Waals surface area contributed by atoms with Gasteiger partial charge < -0.3 is 10.1 Å². The molecule has 0 spiro atoms. The summed E-state index contributed by atoms with van der Waals surface area (Å²) >= 11 is 0. The molecule has 0 unspecified atom stereocenters. The number of pyridine rings is 1. The van der Waals surface area contributed by atoms with Crippen molar-refractivity contribution in [2.75, 3.05) is 18.4 Å². The van der Waals surface area contributed by atoms with Crippen LogP contribution < -0.4 is 10.1 Å². The van der Waals surface area contributed by atoms with Crippen molar-refractivity contribution in [1.82, 2.24) is 9.88 Å². The van der Waals surface area contributed by atoms with Crippen LogP contribution in [0.5, 0.6) is 11.5 Å². The third-order valence-electron chi connectivity index (χ3n) is 4.86. The molecule has 130 valence electrons. The maximum absolute atomic E-state index is 12.8. The van der Waals surface area contributed by atoms with Crippen molar-refractivity contribution in [3.8, 4) is 11.5 Å². The fraction of sp³-hybridized carbons (Fsp3) is 0.400. The molecule has 1 aromatic heterocycles. The van der Waals surface area contributed by atoms with Crippen molar-refractivity contribution in [3.63, 3.8) is 0 Å². The molecule has 25 heavy (non-hydrogen) atoms. The van der Waals surface area contributed by atoms with Gasteiger partial charge in [0.05, 0.1) is 17.9 Å². The number of nitrogens with zero attached hydrogens (tertiary/aromatic N) is 2. The molecule has 2 aliphatic rings. The van der Waals surface area contributed by atoms with Crippen molar-refractivity contribution in [3.05, 3.63) is 48.8 Å². The SMILES string of the molecule is O=C(Nc1ccccc1Oc1cccnc1)[C@@H]1CCCN1CC1CC1. The first-order chi connectivity index (χ1) is 12.3. The Hall–Kier alpha value is -2.40. The van der Waals surface area contributed by atoms with E-state index in [9.17, 15) is 4.79 Å². The molecule has 1 aliphatic carbocycles. The van der Waals surface area contributed by atoms with Gasteiger partial charge in [0.2, 0.25) is 5.91 Å². The summed E-state index contributed by atoms with van der Waals surface area (Å²) in [5.41, 5.74) is 0.703. The van der Waals surface area contributed by atoms with E-state index in [1.165, 1.54) is 12.8 Å². The van der Waals surface area contributed by atoms with E-state index in [1.807, 2.05) is 36.4 Å². The molecule has 0 radical (unpaired) electrons. The summed E-state index contributed by atoms with van der Waals surface area (Å²) in [6, 6.07) is 11.2. The Morgan fingerprint density at radius 3 is 2.88 bits per heavy atom. The minimum absolute atomic E-state index is 0.0213. The van der Waals surface area contributed by atoms with Crippen molar-refractivity contribution >= 4 is 11.6 Å². The Morgan fingerprint density at radius 1 is 1.20 bits per heavy atom. The summed E-state index contributed by atoms with van der Waals surface area (Å²) in [5, 5.41) is 3.07. The number of rotatable bonds is 6.